The lowest BCUT2D eigenvalue weighted by Gasteiger charge is -2.67. The van der Waals surface area contributed by atoms with E-state index in [1.54, 1.807) is 36.1 Å². The van der Waals surface area contributed by atoms with Gasteiger partial charge in [-0.3, -0.25) is 4.79 Å². The highest BCUT2D eigenvalue weighted by atomic mass is 33.1. The summed E-state index contributed by atoms with van der Waals surface area (Å²) in [6, 6.07) is 3.78. The molecule has 4 spiro atoms. The number of esters is 1. The van der Waals surface area contributed by atoms with Gasteiger partial charge in [-0.25, -0.2) is 0 Å². The molecule has 13 nitrogen and oxygen atoms in total. The van der Waals surface area contributed by atoms with Crippen LogP contribution in [0.15, 0.2) is 35.0 Å². The molecule has 1 aromatic heterocycles. The quantitative estimate of drug-likeness (QED) is 0.0906. The van der Waals surface area contributed by atoms with Gasteiger partial charge in [0, 0.05) is 53.3 Å². The van der Waals surface area contributed by atoms with Crippen LogP contribution in [-0.2, 0) is 20.7 Å². The lowest BCUT2D eigenvalue weighted by atomic mass is 9.50. The van der Waals surface area contributed by atoms with Gasteiger partial charge in [0.15, 0.2) is 16.9 Å². The molecule has 2 aromatic rings. The lowest BCUT2D eigenvalue weighted by molar-refractivity contribution is -0.424. The van der Waals surface area contributed by atoms with Gasteiger partial charge in [-0.05, 0) is 131 Å². The number of furan rings is 1. The first-order valence-corrected chi connectivity index (χ1v) is 28.0. The van der Waals surface area contributed by atoms with E-state index in [2.05, 4.69) is 12.2 Å². The fourth-order valence-electron chi connectivity index (χ4n) is 15.2. The normalized spacial score (nSPS) is 43.1. The van der Waals surface area contributed by atoms with Crippen LogP contribution in [0.25, 0.3) is 11.0 Å². The molecule has 8 aliphatic rings. The van der Waals surface area contributed by atoms with Gasteiger partial charge in [-0.2, -0.15) is 0 Å². The summed E-state index contributed by atoms with van der Waals surface area (Å²) in [4.78, 5) is 12.9. The molecular formula is C52H75NO12S2. The first-order valence-electron chi connectivity index (χ1n) is 25.7. The average molecular weight is 970 g/mol. The number of aryl methyl sites for hydroxylation is 1. The van der Waals surface area contributed by atoms with E-state index in [1.807, 2.05) is 22.9 Å². The molecule has 5 bridgehead atoms. The van der Waals surface area contributed by atoms with E-state index >= 15 is 0 Å². The minimum absolute atomic E-state index is 0.00229. The molecule has 6 fully saturated rings. The van der Waals surface area contributed by atoms with E-state index in [4.69, 9.17) is 23.4 Å². The Balaban J connectivity index is 1.15. The Kier molecular flexibility index (Phi) is 13.7. The molecule has 5 aliphatic carbocycles. The van der Waals surface area contributed by atoms with Gasteiger partial charge in [-0.15, -0.1) is 0 Å². The molecule has 0 radical (unpaired) electrons. The average Bonchev–Trinajstić information content (AvgIpc) is 4.06. The van der Waals surface area contributed by atoms with Crippen molar-refractivity contribution in [2.24, 2.45) is 34.5 Å². The number of carbonyl (C=O) groups is 1. The smallest absolute Gasteiger partial charge is 0.306 e. The van der Waals surface area contributed by atoms with Crippen molar-refractivity contribution in [1.29, 1.82) is 0 Å². The summed E-state index contributed by atoms with van der Waals surface area (Å²) < 4.78 is 32.5. The number of nitrogens with one attached hydrogen (secondary N) is 1. The van der Waals surface area contributed by atoms with Crippen molar-refractivity contribution >= 4 is 38.5 Å². The highest BCUT2D eigenvalue weighted by molar-refractivity contribution is 8.77. The molecule has 67 heavy (non-hydrogen) atoms. The highest BCUT2D eigenvalue weighted by Crippen LogP contribution is 2.67. The molecule has 1 aromatic carbocycles. The van der Waals surface area contributed by atoms with Crippen LogP contribution in [-0.4, -0.2) is 121 Å². The van der Waals surface area contributed by atoms with Crippen LogP contribution in [0.5, 0.6) is 11.5 Å². The van der Waals surface area contributed by atoms with E-state index in [1.165, 1.54) is 51.4 Å². The van der Waals surface area contributed by atoms with E-state index in [-0.39, 0.29) is 72.4 Å². The van der Waals surface area contributed by atoms with E-state index in [0.717, 1.165) is 38.5 Å². The number of hydrogen-bond acceptors (Lipinski definition) is 15. The van der Waals surface area contributed by atoms with Gasteiger partial charge in [0.1, 0.15) is 23.9 Å². The second kappa shape index (κ2) is 18.8. The third-order valence-corrected chi connectivity index (χ3v) is 21.8. The van der Waals surface area contributed by atoms with Crippen molar-refractivity contribution in [2.75, 3.05) is 32.1 Å². The largest absolute Gasteiger partial charge is 0.485 e. The summed E-state index contributed by atoms with van der Waals surface area (Å²) in [6.45, 7) is 4.49. The van der Waals surface area contributed by atoms with Gasteiger partial charge < -0.3 is 59.3 Å². The second-order valence-electron chi connectivity index (χ2n) is 22.4. The Morgan fingerprint density at radius 2 is 1.75 bits per heavy atom. The second-order valence-corrected chi connectivity index (χ2v) is 25.1. The number of carbonyl (C=O) groups excluding carboxylic acids is 1. The van der Waals surface area contributed by atoms with E-state index < -0.39 is 71.7 Å². The van der Waals surface area contributed by atoms with Crippen molar-refractivity contribution in [2.45, 2.75) is 188 Å². The molecule has 15 heteroatoms. The Morgan fingerprint density at radius 1 is 0.940 bits per heavy atom. The molecule has 14 atom stereocenters. The van der Waals surface area contributed by atoms with Gasteiger partial charge in [-0.1, -0.05) is 72.8 Å². The highest BCUT2D eigenvalue weighted by Gasteiger charge is 2.78. The van der Waals surface area contributed by atoms with Crippen molar-refractivity contribution in [1.82, 2.24) is 5.32 Å². The number of hydrogen-bond donors (Lipinski definition) is 7. The predicted molar refractivity (Wildman–Crippen MR) is 257 cm³/mol. The summed E-state index contributed by atoms with van der Waals surface area (Å²) >= 11 is 0. The fraction of sp³-hybridized carbons (Fsp3) is 0.788. The molecule has 372 valence electrons. The van der Waals surface area contributed by atoms with Crippen LogP contribution in [0, 0.1) is 34.5 Å². The van der Waals surface area contributed by atoms with Crippen LogP contribution < -0.4 is 14.8 Å². The summed E-state index contributed by atoms with van der Waals surface area (Å²) in [5.41, 5.74) is -4.92. The zero-order valence-corrected chi connectivity index (χ0v) is 41.1. The Labute approximate surface area is 403 Å². The third-order valence-electron chi connectivity index (χ3n) is 18.5. The summed E-state index contributed by atoms with van der Waals surface area (Å²) in [5.74, 6) is -2.27. The molecule has 10 rings (SSSR count). The minimum atomic E-state index is -2.45. The summed E-state index contributed by atoms with van der Waals surface area (Å²) in [5, 5.41) is 80.1. The monoisotopic (exact) mass is 969 g/mol. The zero-order chi connectivity index (χ0) is 46.8. The number of aliphatic hydroxyl groups is 6. The molecule has 3 aliphatic heterocycles. The maximum Gasteiger partial charge on any atom is 0.306 e. The van der Waals surface area contributed by atoms with E-state index in [9.17, 15) is 35.4 Å². The van der Waals surface area contributed by atoms with Crippen LogP contribution in [0.3, 0.4) is 0 Å². The van der Waals surface area contributed by atoms with E-state index in [0.29, 0.717) is 40.8 Å². The van der Waals surface area contributed by atoms with Crippen LogP contribution >= 0.6 is 21.6 Å². The molecule has 2 saturated heterocycles. The summed E-state index contributed by atoms with van der Waals surface area (Å²) in [6.07, 6.45) is 16.1. The number of benzene rings is 1. The number of aliphatic hydroxyl groups excluding tert-OH is 4. The molecule has 7 N–H and O–H groups in total. The standard InChI is InChI=1S/C52H75NO12S2/c1-3-61-40(57)15-12-33-26-34-16-24-62-42(34)44-43(33)64-46-52(60)41-35(11-13-37(55)36(41)28-54)27-50(59,45(52)58)51(65-46)31-66-67-49(20-7-19-48(30-49)22-21-47(29-48)17-4-5-18-47)38(53-23-25-63-44)14-10-32(2)8-6-9-39(51)56/h11,13,16,24,26,32,35-39,41,45-46,53-56,58-60H,3-10,12,14-15,17-23,25,27-31H2,1-2H3/t32-,35+,36-,37+,38+,39+,41-,45+,46-,48-,49-,50+,51-,52-/m1/s1. The first kappa shape index (κ1) is 48.6. The lowest BCUT2D eigenvalue weighted by Crippen LogP contribution is -2.86. The van der Waals surface area contributed by atoms with Crippen LogP contribution in [0.2, 0.25) is 0 Å². The molecule has 0 amide bonds. The SMILES string of the molecule is CCOC(=O)CCc1cc2ccoc2c2c1O[C@@H]1O[C@@]3(CSS[C@@]4(CCC[C@]5(CCC6(CCCC6)C5)C4)[C@H](CC[C@H](C)CCC[C@@H]3O)NCCO2)[C@]2(O)C[C@@H]3C=C[C@H](O)[C@@H](CO)[C@@H]3[C@@]1(O)[C@H]2O. The Bertz CT molecular complexity index is 2130. The first-order chi connectivity index (χ1) is 32.2. The summed E-state index contributed by atoms with van der Waals surface area (Å²) in [7, 11) is 3.47. The van der Waals surface area contributed by atoms with Gasteiger partial charge in [0.2, 0.25) is 12.0 Å². The molecular weight excluding hydrogens is 895 g/mol. The van der Waals surface area contributed by atoms with Crippen molar-refractivity contribution in [3.8, 4) is 11.5 Å². The minimum Gasteiger partial charge on any atom is -0.485 e. The van der Waals surface area contributed by atoms with Crippen LogP contribution in [0.4, 0.5) is 0 Å². The predicted octanol–water partition coefficient (Wildman–Crippen LogP) is 7.14. The fourth-order valence-corrected chi connectivity index (χ4v) is 19.3. The maximum absolute atomic E-state index is 13.6. The van der Waals surface area contributed by atoms with Gasteiger partial charge in [0.05, 0.1) is 25.1 Å². The number of allylic oxidation sites excluding steroid dienone is 1. The Hall–Kier alpha value is -2.05. The topological polar surface area (TPSA) is 201 Å². The molecule has 0 unspecified atom stereocenters. The van der Waals surface area contributed by atoms with Crippen molar-refractivity contribution in [3.05, 3.63) is 36.1 Å². The maximum atomic E-state index is 13.6. The molecule has 4 saturated carbocycles. The van der Waals surface area contributed by atoms with Crippen molar-refractivity contribution < 1.29 is 58.8 Å². The van der Waals surface area contributed by atoms with Gasteiger partial charge in [0.25, 0.3) is 0 Å². The van der Waals surface area contributed by atoms with Crippen molar-refractivity contribution in [3.63, 3.8) is 0 Å². The Morgan fingerprint density at radius 3 is 2.55 bits per heavy atom. The van der Waals surface area contributed by atoms with Crippen LogP contribution in [0.1, 0.15) is 135 Å². The number of ether oxygens (including phenoxy) is 4. The van der Waals surface area contributed by atoms with Gasteiger partial charge >= 0.3 is 5.97 Å². The number of fused-ring (bicyclic) bond motifs is 11. The third kappa shape index (κ3) is 8.30. The zero-order valence-electron chi connectivity index (χ0n) is 39.5. The number of rotatable bonds is 5. The molecule has 4 heterocycles.